The van der Waals surface area contributed by atoms with Gasteiger partial charge in [0.15, 0.2) is 0 Å². The summed E-state index contributed by atoms with van der Waals surface area (Å²) >= 11 is 0. The predicted molar refractivity (Wildman–Crippen MR) is 66.2 cm³/mol. The normalized spacial score (nSPS) is 26.2. The Bertz CT molecular complexity index is 212. The number of hydrogen-bond donors (Lipinski definition) is 2. The molecule has 2 rings (SSSR count). The number of aliphatic hydroxyl groups is 1. The topological polar surface area (TPSA) is 49.5 Å². The van der Waals surface area contributed by atoms with Crippen LogP contribution in [0.15, 0.2) is 0 Å². The van der Waals surface area contributed by atoms with E-state index in [-0.39, 0.29) is 18.7 Å². The van der Waals surface area contributed by atoms with E-state index in [9.17, 15) is 5.11 Å². The van der Waals surface area contributed by atoms with Crippen LogP contribution in [0.1, 0.15) is 38.5 Å². The van der Waals surface area contributed by atoms with Gasteiger partial charge in [0.1, 0.15) is 0 Å². The largest absolute Gasteiger partial charge is 0.395 e. The molecule has 3 nitrogen and oxygen atoms in total. The second kappa shape index (κ2) is 5.48. The van der Waals surface area contributed by atoms with E-state index in [1.807, 2.05) is 0 Å². The first-order valence-corrected chi connectivity index (χ1v) is 6.79. The Morgan fingerprint density at radius 3 is 2.38 bits per heavy atom. The molecule has 2 fully saturated rings. The van der Waals surface area contributed by atoms with Crippen LogP contribution < -0.4 is 5.73 Å². The summed E-state index contributed by atoms with van der Waals surface area (Å²) in [6, 6.07) is 0.351. The Morgan fingerprint density at radius 2 is 1.88 bits per heavy atom. The van der Waals surface area contributed by atoms with Gasteiger partial charge in [0.05, 0.1) is 6.61 Å². The minimum atomic E-state index is 0.174. The molecule has 16 heavy (non-hydrogen) atoms. The molecule has 2 atom stereocenters. The third-order valence-electron chi connectivity index (χ3n) is 4.38. The minimum absolute atomic E-state index is 0.174. The van der Waals surface area contributed by atoms with E-state index < -0.39 is 0 Å². The highest BCUT2D eigenvalue weighted by atomic mass is 16.3. The lowest BCUT2D eigenvalue weighted by Gasteiger charge is -2.33. The van der Waals surface area contributed by atoms with Crippen LogP contribution in [0.25, 0.3) is 0 Å². The predicted octanol–water partition coefficient (Wildman–Crippen LogP) is 1.21. The molecule has 3 N–H and O–H groups in total. The Kier molecular flexibility index (Phi) is 4.22. The standard InChI is InChI=1S/C13H26N2O/c1-15(8-10-4-2-3-5-10)12(9-16)13(14)11-6-7-11/h10-13,16H,2-9,14H2,1H3. The van der Waals surface area contributed by atoms with Crippen molar-refractivity contribution in [3.63, 3.8) is 0 Å². The zero-order valence-corrected chi connectivity index (χ0v) is 10.4. The van der Waals surface area contributed by atoms with Crippen molar-refractivity contribution in [2.24, 2.45) is 17.6 Å². The third-order valence-corrected chi connectivity index (χ3v) is 4.38. The van der Waals surface area contributed by atoms with Crippen LogP contribution >= 0.6 is 0 Å². The summed E-state index contributed by atoms with van der Waals surface area (Å²) in [5, 5.41) is 9.50. The van der Waals surface area contributed by atoms with E-state index in [1.54, 1.807) is 0 Å². The van der Waals surface area contributed by atoms with Gasteiger partial charge in [0.2, 0.25) is 0 Å². The van der Waals surface area contributed by atoms with Gasteiger partial charge in [-0.2, -0.15) is 0 Å². The van der Waals surface area contributed by atoms with Crippen molar-refractivity contribution in [3.8, 4) is 0 Å². The van der Waals surface area contributed by atoms with Crippen molar-refractivity contribution >= 4 is 0 Å². The fourth-order valence-corrected chi connectivity index (χ4v) is 3.09. The summed E-state index contributed by atoms with van der Waals surface area (Å²) in [7, 11) is 2.13. The summed E-state index contributed by atoms with van der Waals surface area (Å²) in [5.74, 6) is 1.51. The molecule has 0 aromatic rings. The Morgan fingerprint density at radius 1 is 1.25 bits per heavy atom. The van der Waals surface area contributed by atoms with Gasteiger partial charge in [0, 0.05) is 18.6 Å². The minimum Gasteiger partial charge on any atom is -0.395 e. The quantitative estimate of drug-likeness (QED) is 0.715. The van der Waals surface area contributed by atoms with Crippen LogP contribution in [0, 0.1) is 11.8 Å². The van der Waals surface area contributed by atoms with Crippen LogP contribution in [0.3, 0.4) is 0 Å². The summed E-state index contributed by atoms with van der Waals surface area (Å²) < 4.78 is 0. The van der Waals surface area contributed by atoms with Crippen molar-refractivity contribution < 1.29 is 5.11 Å². The van der Waals surface area contributed by atoms with Gasteiger partial charge in [0.25, 0.3) is 0 Å². The Hall–Kier alpha value is -0.120. The van der Waals surface area contributed by atoms with E-state index in [4.69, 9.17) is 5.73 Å². The number of likely N-dealkylation sites (N-methyl/N-ethyl adjacent to an activating group) is 1. The van der Waals surface area contributed by atoms with E-state index in [2.05, 4.69) is 11.9 Å². The van der Waals surface area contributed by atoms with Crippen LogP contribution in [0.4, 0.5) is 0 Å². The molecule has 2 aliphatic rings. The zero-order valence-electron chi connectivity index (χ0n) is 10.4. The third kappa shape index (κ3) is 2.96. The molecule has 2 aliphatic carbocycles. The van der Waals surface area contributed by atoms with Crippen LogP contribution in [0.5, 0.6) is 0 Å². The van der Waals surface area contributed by atoms with Gasteiger partial charge in [-0.15, -0.1) is 0 Å². The number of hydrogen-bond acceptors (Lipinski definition) is 3. The second-order valence-corrected chi connectivity index (χ2v) is 5.75. The molecule has 0 amide bonds. The van der Waals surface area contributed by atoms with Crippen molar-refractivity contribution in [2.45, 2.75) is 50.6 Å². The van der Waals surface area contributed by atoms with Crippen LogP contribution in [-0.2, 0) is 0 Å². The maximum atomic E-state index is 9.50. The van der Waals surface area contributed by atoms with Gasteiger partial charge in [-0.05, 0) is 44.6 Å². The van der Waals surface area contributed by atoms with Crippen LogP contribution in [-0.4, -0.2) is 42.3 Å². The van der Waals surface area contributed by atoms with Crippen molar-refractivity contribution in [1.82, 2.24) is 4.90 Å². The molecule has 0 aliphatic heterocycles. The summed E-state index contributed by atoms with van der Waals surface area (Å²) in [4.78, 5) is 2.30. The van der Waals surface area contributed by atoms with Gasteiger partial charge in [-0.1, -0.05) is 12.8 Å². The molecule has 2 saturated carbocycles. The highest BCUT2D eigenvalue weighted by Gasteiger charge is 2.35. The second-order valence-electron chi connectivity index (χ2n) is 5.75. The van der Waals surface area contributed by atoms with E-state index in [0.29, 0.717) is 5.92 Å². The van der Waals surface area contributed by atoms with Crippen molar-refractivity contribution in [2.75, 3.05) is 20.2 Å². The van der Waals surface area contributed by atoms with E-state index in [0.717, 1.165) is 12.5 Å². The van der Waals surface area contributed by atoms with Gasteiger partial charge in [-0.3, -0.25) is 4.90 Å². The molecule has 0 aromatic heterocycles. The maximum absolute atomic E-state index is 9.50. The molecular weight excluding hydrogens is 200 g/mol. The lowest BCUT2D eigenvalue weighted by molar-refractivity contribution is 0.107. The highest BCUT2D eigenvalue weighted by molar-refractivity contribution is 4.93. The summed E-state index contributed by atoms with van der Waals surface area (Å²) in [5.41, 5.74) is 6.21. The monoisotopic (exact) mass is 226 g/mol. The molecule has 0 radical (unpaired) electrons. The molecule has 0 heterocycles. The van der Waals surface area contributed by atoms with E-state index in [1.165, 1.54) is 38.5 Å². The van der Waals surface area contributed by atoms with Gasteiger partial charge < -0.3 is 10.8 Å². The van der Waals surface area contributed by atoms with Crippen molar-refractivity contribution in [3.05, 3.63) is 0 Å². The van der Waals surface area contributed by atoms with Crippen LogP contribution in [0.2, 0.25) is 0 Å². The molecule has 0 aromatic carbocycles. The van der Waals surface area contributed by atoms with Gasteiger partial charge in [-0.25, -0.2) is 0 Å². The fourth-order valence-electron chi connectivity index (χ4n) is 3.09. The zero-order chi connectivity index (χ0) is 11.5. The van der Waals surface area contributed by atoms with Gasteiger partial charge >= 0.3 is 0 Å². The first kappa shape index (κ1) is 12.3. The summed E-state index contributed by atoms with van der Waals surface area (Å²) in [6.45, 7) is 1.33. The molecular formula is C13H26N2O. The number of nitrogens with two attached hydrogens (primary N) is 1. The maximum Gasteiger partial charge on any atom is 0.0601 e. The average molecular weight is 226 g/mol. The molecule has 2 unspecified atom stereocenters. The SMILES string of the molecule is CN(CC1CCCC1)C(CO)C(N)C1CC1. The number of aliphatic hydroxyl groups excluding tert-OH is 1. The van der Waals surface area contributed by atoms with E-state index >= 15 is 0 Å². The molecule has 0 bridgehead atoms. The first-order chi connectivity index (χ1) is 7.72. The lowest BCUT2D eigenvalue weighted by Crippen LogP contribution is -2.50. The molecule has 3 heteroatoms. The number of rotatable bonds is 6. The molecule has 0 spiro atoms. The molecule has 0 saturated heterocycles. The number of nitrogens with zero attached hydrogens (tertiary/aromatic N) is 1. The lowest BCUT2D eigenvalue weighted by atomic mass is 10.0. The Labute approximate surface area is 99.0 Å². The smallest absolute Gasteiger partial charge is 0.0601 e. The molecule has 94 valence electrons. The van der Waals surface area contributed by atoms with Crippen molar-refractivity contribution in [1.29, 1.82) is 0 Å². The first-order valence-electron chi connectivity index (χ1n) is 6.79. The summed E-state index contributed by atoms with van der Waals surface area (Å²) in [6.07, 6.45) is 8.01. The average Bonchev–Trinajstić information content (AvgIpc) is 3.00. The Balaban J connectivity index is 1.81. The highest BCUT2D eigenvalue weighted by Crippen LogP contribution is 2.34. The fraction of sp³-hybridized carbons (Fsp3) is 1.00.